The van der Waals surface area contributed by atoms with Gasteiger partial charge in [-0.25, -0.2) is 28.0 Å². The highest BCUT2D eigenvalue weighted by Crippen LogP contribution is 2.22. The number of aliphatic carboxylic acids is 2. The second kappa shape index (κ2) is 14.1. The summed E-state index contributed by atoms with van der Waals surface area (Å²) in [6, 6.07) is 0. The van der Waals surface area contributed by atoms with Gasteiger partial charge in [0.2, 0.25) is 0 Å². The molecule has 0 aromatic rings. The van der Waals surface area contributed by atoms with Crippen molar-refractivity contribution in [1.29, 1.82) is 0 Å². The van der Waals surface area contributed by atoms with Crippen LogP contribution < -0.4 is 11.5 Å². The first kappa shape index (κ1) is 33.3. The largest absolute Gasteiger partial charge is 0.473 e. The third-order valence-corrected chi connectivity index (χ3v) is 4.81. The summed E-state index contributed by atoms with van der Waals surface area (Å²) in [4.78, 5) is 44.1. The first-order chi connectivity index (χ1) is 16.3. The van der Waals surface area contributed by atoms with Crippen LogP contribution in [0.25, 0.3) is 0 Å². The third-order valence-electron chi connectivity index (χ3n) is 4.81. The summed E-state index contributed by atoms with van der Waals surface area (Å²) in [6.07, 6.45) is -2.97. The first-order valence-corrected chi connectivity index (χ1v) is 11.4. The molecular formula is C22H40F2N4O8. The van der Waals surface area contributed by atoms with E-state index < -0.39 is 47.7 Å². The van der Waals surface area contributed by atoms with Gasteiger partial charge in [0, 0.05) is 24.9 Å². The molecule has 0 bridgehead atoms. The third kappa shape index (κ3) is 12.8. The topological polar surface area (TPSA) is 186 Å². The molecule has 0 saturated carbocycles. The highest BCUT2D eigenvalue weighted by atomic mass is 19.1. The molecule has 14 heteroatoms. The number of carbonyl (C=O) groups is 4. The molecule has 210 valence electrons. The SMILES string of the molecule is CC(C)(C)OC(=O)N1C[C@H](CN)[C@@H](F)C1.CC(C)(C)OC(=O)N1C[C@H](CN)[C@@H](F)C1.O=C(O)C(=O)O. The van der Waals surface area contributed by atoms with E-state index in [0.717, 1.165) is 0 Å². The summed E-state index contributed by atoms with van der Waals surface area (Å²) in [5.41, 5.74) is 9.71. The van der Waals surface area contributed by atoms with Crippen molar-refractivity contribution < 1.29 is 47.6 Å². The number of nitrogens with zero attached hydrogens (tertiary/aromatic N) is 2. The second-order valence-corrected chi connectivity index (χ2v) is 10.4. The number of carboxylic acids is 2. The van der Waals surface area contributed by atoms with E-state index >= 15 is 0 Å². The number of rotatable bonds is 2. The van der Waals surface area contributed by atoms with Crippen molar-refractivity contribution in [3.05, 3.63) is 0 Å². The summed E-state index contributed by atoms with van der Waals surface area (Å²) >= 11 is 0. The lowest BCUT2D eigenvalue weighted by atomic mass is 10.1. The summed E-state index contributed by atoms with van der Waals surface area (Å²) in [6.45, 7) is 12.1. The molecule has 0 aliphatic carbocycles. The molecule has 0 spiro atoms. The predicted octanol–water partition coefficient (Wildman–Crippen LogP) is 1.46. The van der Waals surface area contributed by atoms with Crippen LogP contribution in [0.3, 0.4) is 0 Å². The van der Waals surface area contributed by atoms with Crippen LogP contribution in [0.4, 0.5) is 18.4 Å². The maximum atomic E-state index is 13.3. The summed E-state index contributed by atoms with van der Waals surface area (Å²) in [5.74, 6) is -4.15. The Morgan fingerprint density at radius 2 is 1.00 bits per heavy atom. The molecule has 2 rings (SSSR count). The van der Waals surface area contributed by atoms with Crippen molar-refractivity contribution in [2.24, 2.45) is 23.3 Å². The van der Waals surface area contributed by atoms with E-state index in [1.165, 1.54) is 9.80 Å². The average Bonchev–Trinajstić information content (AvgIpc) is 3.28. The Labute approximate surface area is 209 Å². The number of ether oxygens (including phenoxy) is 2. The van der Waals surface area contributed by atoms with Gasteiger partial charge in [-0.05, 0) is 54.6 Å². The van der Waals surface area contributed by atoms with Gasteiger partial charge in [-0.3, -0.25) is 0 Å². The van der Waals surface area contributed by atoms with Crippen molar-refractivity contribution in [3.63, 3.8) is 0 Å². The van der Waals surface area contributed by atoms with E-state index in [1.807, 2.05) is 0 Å². The Kier molecular flexibility index (Phi) is 13.0. The molecule has 4 atom stereocenters. The number of nitrogens with two attached hydrogens (primary N) is 2. The van der Waals surface area contributed by atoms with E-state index in [4.69, 9.17) is 40.7 Å². The number of halogens is 2. The van der Waals surface area contributed by atoms with E-state index in [9.17, 15) is 18.4 Å². The lowest BCUT2D eigenvalue weighted by molar-refractivity contribution is -0.159. The zero-order valence-electron chi connectivity index (χ0n) is 21.7. The summed E-state index contributed by atoms with van der Waals surface area (Å²) < 4.78 is 36.9. The zero-order valence-corrected chi connectivity index (χ0v) is 21.7. The van der Waals surface area contributed by atoms with Crippen LogP contribution >= 0.6 is 0 Å². The zero-order chi connectivity index (χ0) is 28.4. The van der Waals surface area contributed by atoms with E-state index in [-0.39, 0.29) is 38.0 Å². The van der Waals surface area contributed by atoms with Crippen LogP contribution in [0.15, 0.2) is 0 Å². The number of likely N-dealkylation sites (tertiary alicyclic amines) is 2. The number of alkyl halides is 2. The Morgan fingerprint density at radius 1 is 0.722 bits per heavy atom. The predicted molar refractivity (Wildman–Crippen MR) is 126 cm³/mol. The number of amides is 2. The van der Waals surface area contributed by atoms with Gasteiger partial charge in [0.05, 0.1) is 13.1 Å². The molecule has 0 aromatic carbocycles. The fraction of sp³-hybridized carbons (Fsp3) is 0.818. The molecule has 36 heavy (non-hydrogen) atoms. The lowest BCUT2D eigenvalue weighted by Gasteiger charge is -2.24. The summed E-state index contributed by atoms with van der Waals surface area (Å²) in [7, 11) is 0. The Hall–Kier alpha value is -2.74. The van der Waals surface area contributed by atoms with Crippen molar-refractivity contribution in [1.82, 2.24) is 9.80 Å². The number of hydrogen-bond acceptors (Lipinski definition) is 8. The molecule has 0 aromatic heterocycles. The minimum absolute atomic E-state index is 0.0940. The van der Waals surface area contributed by atoms with Crippen LogP contribution in [0.5, 0.6) is 0 Å². The van der Waals surface area contributed by atoms with Gasteiger partial charge in [0.1, 0.15) is 23.5 Å². The molecule has 6 N–H and O–H groups in total. The number of hydrogen-bond donors (Lipinski definition) is 4. The van der Waals surface area contributed by atoms with E-state index in [1.54, 1.807) is 41.5 Å². The molecule has 2 aliphatic heterocycles. The molecule has 2 saturated heterocycles. The van der Waals surface area contributed by atoms with Gasteiger partial charge in [-0.2, -0.15) is 0 Å². The Balaban J connectivity index is 0.000000558. The van der Waals surface area contributed by atoms with Crippen molar-refractivity contribution in [3.8, 4) is 0 Å². The van der Waals surface area contributed by atoms with Crippen molar-refractivity contribution in [2.75, 3.05) is 39.3 Å². The smallest absolute Gasteiger partial charge is 0.414 e. The van der Waals surface area contributed by atoms with Gasteiger partial charge in [0.25, 0.3) is 0 Å². The molecule has 2 fully saturated rings. The fourth-order valence-electron chi connectivity index (χ4n) is 3.06. The lowest BCUT2D eigenvalue weighted by Crippen LogP contribution is -2.35. The van der Waals surface area contributed by atoms with Crippen LogP contribution in [0.1, 0.15) is 41.5 Å². The first-order valence-electron chi connectivity index (χ1n) is 11.4. The summed E-state index contributed by atoms with van der Waals surface area (Å²) in [5, 5.41) is 14.8. The molecule has 2 aliphatic rings. The Bertz CT molecular complexity index is 695. The quantitative estimate of drug-likeness (QED) is 0.384. The molecule has 2 amide bonds. The van der Waals surface area contributed by atoms with Crippen LogP contribution in [0, 0.1) is 11.8 Å². The normalized spacial score (nSPS) is 23.6. The highest BCUT2D eigenvalue weighted by molar-refractivity contribution is 6.27. The Morgan fingerprint density at radius 3 is 1.17 bits per heavy atom. The minimum atomic E-state index is -1.82. The molecular weight excluding hydrogens is 486 g/mol. The number of carboxylic acid groups (broad SMARTS) is 2. The van der Waals surface area contributed by atoms with E-state index in [2.05, 4.69) is 0 Å². The van der Waals surface area contributed by atoms with Crippen LogP contribution in [-0.2, 0) is 19.1 Å². The van der Waals surface area contributed by atoms with E-state index in [0.29, 0.717) is 13.1 Å². The maximum absolute atomic E-state index is 13.3. The fourth-order valence-corrected chi connectivity index (χ4v) is 3.06. The highest BCUT2D eigenvalue weighted by Gasteiger charge is 2.37. The second-order valence-electron chi connectivity index (χ2n) is 10.4. The average molecular weight is 527 g/mol. The van der Waals surface area contributed by atoms with Gasteiger partial charge >= 0.3 is 24.1 Å². The molecule has 0 unspecified atom stereocenters. The van der Waals surface area contributed by atoms with Crippen molar-refractivity contribution >= 4 is 24.1 Å². The molecule has 2 heterocycles. The minimum Gasteiger partial charge on any atom is -0.473 e. The molecule has 0 radical (unpaired) electrons. The maximum Gasteiger partial charge on any atom is 0.414 e. The van der Waals surface area contributed by atoms with Crippen molar-refractivity contribution in [2.45, 2.75) is 65.1 Å². The van der Waals surface area contributed by atoms with Crippen LogP contribution in [-0.4, -0.2) is 107 Å². The van der Waals surface area contributed by atoms with Gasteiger partial charge in [-0.15, -0.1) is 0 Å². The standard InChI is InChI=1S/2C10H19FN2O2.C2H2O4/c2*1-10(2,3)15-9(14)13-5-7(4-12)8(11)6-13;3-1(4)2(5)6/h2*7-8H,4-6,12H2,1-3H3;(H,3,4)(H,5,6)/t2*7-,8-;/m00./s1. The molecule has 12 nitrogen and oxygen atoms in total. The van der Waals surface area contributed by atoms with Gasteiger partial charge in [0.15, 0.2) is 0 Å². The monoisotopic (exact) mass is 526 g/mol. The van der Waals surface area contributed by atoms with Gasteiger partial charge in [-0.1, -0.05) is 0 Å². The van der Waals surface area contributed by atoms with Crippen LogP contribution in [0.2, 0.25) is 0 Å². The van der Waals surface area contributed by atoms with Gasteiger partial charge < -0.3 is 41.0 Å². The number of carbonyl (C=O) groups excluding carboxylic acids is 2.